The maximum atomic E-state index is 10.9. The van der Waals surface area contributed by atoms with Crippen molar-refractivity contribution in [1.82, 2.24) is 5.32 Å². The Labute approximate surface area is 88.2 Å². The predicted molar refractivity (Wildman–Crippen MR) is 57.0 cm³/mol. The maximum Gasteiger partial charge on any atom is 0.257 e. The number of nitrogen functional groups attached to an aromatic ring is 1. The Morgan fingerprint density at radius 3 is 2.67 bits per heavy atom. The van der Waals surface area contributed by atoms with Crippen LogP contribution in [0.25, 0.3) is 0 Å². The molecule has 5 nitrogen and oxygen atoms in total. The van der Waals surface area contributed by atoms with E-state index in [2.05, 4.69) is 5.32 Å². The number of hydrogen-bond donors (Lipinski definition) is 2. The molecule has 0 aromatic heterocycles. The highest BCUT2D eigenvalue weighted by Crippen LogP contribution is 2.23. The standard InChI is InChI=1S/C10H14N2O3/c1-12-10(13)6-15-9-4-7(11)3-8(5-9)14-2/h3-5H,6,11H2,1-2H3,(H,12,13). The molecular weight excluding hydrogens is 196 g/mol. The second-order valence-electron chi connectivity index (χ2n) is 2.90. The second-order valence-corrected chi connectivity index (χ2v) is 2.90. The lowest BCUT2D eigenvalue weighted by Crippen LogP contribution is -2.24. The van der Waals surface area contributed by atoms with Gasteiger partial charge in [-0.1, -0.05) is 0 Å². The summed E-state index contributed by atoms with van der Waals surface area (Å²) >= 11 is 0. The third-order valence-electron chi connectivity index (χ3n) is 1.79. The lowest BCUT2D eigenvalue weighted by atomic mass is 10.3. The number of carbonyl (C=O) groups excluding carboxylic acids is 1. The Hall–Kier alpha value is -1.91. The van der Waals surface area contributed by atoms with E-state index in [1.807, 2.05) is 0 Å². The van der Waals surface area contributed by atoms with Crippen LogP contribution in [0.5, 0.6) is 11.5 Å². The molecule has 1 aromatic rings. The van der Waals surface area contributed by atoms with Gasteiger partial charge in [-0.05, 0) is 0 Å². The Bertz CT molecular complexity index is 353. The lowest BCUT2D eigenvalue weighted by Gasteiger charge is -2.08. The molecule has 1 rings (SSSR count). The average Bonchev–Trinajstić information content (AvgIpc) is 2.25. The highest BCUT2D eigenvalue weighted by molar-refractivity contribution is 5.77. The van der Waals surface area contributed by atoms with Crippen LogP contribution in [0.2, 0.25) is 0 Å². The molecule has 3 N–H and O–H groups in total. The number of nitrogens with one attached hydrogen (secondary N) is 1. The summed E-state index contributed by atoms with van der Waals surface area (Å²) < 4.78 is 10.2. The summed E-state index contributed by atoms with van der Waals surface area (Å²) in [4.78, 5) is 10.9. The summed E-state index contributed by atoms with van der Waals surface area (Å²) in [6.07, 6.45) is 0. The number of anilines is 1. The fourth-order valence-electron chi connectivity index (χ4n) is 1.02. The highest BCUT2D eigenvalue weighted by Gasteiger charge is 2.02. The minimum Gasteiger partial charge on any atom is -0.497 e. The van der Waals surface area contributed by atoms with E-state index in [1.165, 1.54) is 7.11 Å². The van der Waals surface area contributed by atoms with Gasteiger partial charge in [0.1, 0.15) is 11.5 Å². The normalized spacial score (nSPS) is 9.47. The molecule has 0 aliphatic carbocycles. The average molecular weight is 210 g/mol. The smallest absolute Gasteiger partial charge is 0.257 e. The van der Waals surface area contributed by atoms with E-state index >= 15 is 0 Å². The second kappa shape index (κ2) is 5.09. The molecule has 1 aromatic carbocycles. The molecule has 15 heavy (non-hydrogen) atoms. The van der Waals surface area contributed by atoms with E-state index in [0.29, 0.717) is 17.2 Å². The first-order valence-corrected chi connectivity index (χ1v) is 4.43. The Morgan fingerprint density at radius 1 is 1.40 bits per heavy atom. The highest BCUT2D eigenvalue weighted by atomic mass is 16.5. The number of benzene rings is 1. The van der Waals surface area contributed by atoms with Gasteiger partial charge in [-0.15, -0.1) is 0 Å². The molecule has 0 spiro atoms. The molecule has 0 aliphatic heterocycles. The zero-order valence-corrected chi connectivity index (χ0v) is 8.74. The SMILES string of the molecule is CNC(=O)COc1cc(N)cc(OC)c1. The molecule has 0 unspecified atom stereocenters. The van der Waals surface area contributed by atoms with Crippen LogP contribution in [0.3, 0.4) is 0 Å². The van der Waals surface area contributed by atoms with Crippen LogP contribution in [0.15, 0.2) is 18.2 Å². The van der Waals surface area contributed by atoms with Gasteiger partial charge in [0.05, 0.1) is 7.11 Å². The summed E-state index contributed by atoms with van der Waals surface area (Å²) in [5.74, 6) is 0.911. The fourth-order valence-corrected chi connectivity index (χ4v) is 1.02. The number of likely N-dealkylation sites (N-methyl/N-ethyl adjacent to an activating group) is 1. The van der Waals surface area contributed by atoms with E-state index in [1.54, 1.807) is 25.2 Å². The van der Waals surface area contributed by atoms with Crippen LogP contribution in [0, 0.1) is 0 Å². The number of hydrogen-bond acceptors (Lipinski definition) is 4. The van der Waals surface area contributed by atoms with Gasteiger partial charge in [-0.2, -0.15) is 0 Å². The van der Waals surface area contributed by atoms with Gasteiger partial charge in [0.25, 0.3) is 5.91 Å². The van der Waals surface area contributed by atoms with Crippen molar-refractivity contribution in [2.24, 2.45) is 0 Å². The molecule has 0 saturated carbocycles. The number of methoxy groups -OCH3 is 1. The van der Waals surface area contributed by atoms with Crippen LogP contribution in [-0.2, 0) is 4.79 Å². The van der Waals surface area contributed by atoms with Crippen molar-refractivity contribution in [3.8, 4) is 11.5 Å². The number of amides is 1. The first-order chi connectivity index (χ1) is 7.15. The van der Waals surface area contributed by atoms with Crippen molar-refractivity contribution >= 4 is 11.6 Å². The van der Waals surface area contributed by atoms with Crippen molar-refractivity contribution in [3.63, 3.8) is 0 Å². The Balaban J connectivity index is 2.68. The number of carbonyl (C=O) groups is 1. The van der Waals surface area contributed by atoms with E-state index in [9.17, 15) is 4.79 Å². The van der Waals surface area contributed by atoms with E-state index in [4.69, 9.17) is 15.2 Å². The van der Waals surface area contributed by atoms with E-state index < -0.39 is 0 Å². The van der Waals surface area contributed by atoms with Crippen LogP contribution in [-0.4, -0.2) is 26.7 Å². The van der Waals surface area contributed by atoms with Crippen LogP contribution in [0.4, 0.5) is 5.69 Å². The number of nitrogens with two attached hydrogens (primary N) is 1. The van der Waals surface area contributed by atoms with Gasteiger partial charge in [0.2, 0.25) is 0 Å². The van der Waals surface area contributed by atoms with Crippen molar-refractivity contribution in [2.75, 3.05) is 26.5 Å². The molecule has 0 heterocycles. The molecule has 0 saturated heterocycles. The molecule has 0 bridgehead atoms. The Morgan fingerprint density at radius 2 is 2.07 bits per heavy atom. The third-order valence-corrected chi connectivity index (χ3v) is 1.79. The molecule has 0 atom stereocenters. The van der Waals surface area contributed by atoms with Crippen molar-refractivity contribution in [3.05, 3.63) is 18.2 Å². The van der Waals surface area contributed by atoms with Gasteiger partial charge < -0.3 is 20.5 Å². The van der Waals surface area contributed by atoms with Gasteiger partial charge in [-0.25, -0.2) is 0 Å². The molecule has 5 heteroatoms. The monoisotopic (exact) mass is 210 g/mol. The molecular formula is C10H14N2O3. The third kappa shape index (κ3) is 3.38. The summed E-state index contributed by atoms with van der Waals surface area (Å²) in [5, 5.41) is 2.45. The van der Waals surface area contributed by atoms with E-state index in [0.717, 1.165) is 0 Å². The molecule has 1 amide bonds. The van der Waals surface area contributed by atoms with Crippen molar-refractivity contribution < 1.29 is 14.3 Å². The van der Waals surface area contributed by atoms with Crippen LogP contribution < -0.4 is 20.5 Å². The first-order valence-electron chi connectivity index (χ1n) is 4.43. The fraction of sp³-hybridized carbons (Fsp3) is 0.300. The zero-order valence-electron chi connectivity index (χ0n) is 8.74. The van der Waals surface area contributed by atoms with Gasteiger partial charge in [0, 0.05) is 30.9 Å². The zero-order chi connectivity index (χ0) is 11.3. The van der Waals surface area contributed by atoms with Crippen molar-refractivity contribution in [1.29, 1.82) is 0 Å². The Kier molecular flexibility index (Phi) is 3.79. The molecule has 82 valence electrons. The quantitative estimate of drug-likeness (QED) is 0.705. The summed E-state index contributed by atoms with van der Waals surface area (Å²) in [5.41, 5.74) is 6.14. The van der Waals surface area contributed by atoms with Crippen LogP contribution in [0.1, 0.15) is 0 Å². The van der Waals surface area contributed by atoms with Gasteiger partial charge in [0.15, 0.2) is 6.61 Å². The van der Waals surface area contributed by atoms with E-state index in [-0.39, 0.29) is 12.5 Å². The van der Waals surface area contributed by atoms with Gasteiger partial charge >= 0.3 is 0 Å². The predicted octanol–water partition coefficient (Wildman–Crippen LogP) is 0.402. The van der Waals surface area contributed by atoms with Crippen LogP contribution >= 0.6 is 0 Å². The first kappa shape index (κ1) is 11.2. The molecule has 0 radical (unpaired) electrons. The summed E-state index contributed by atoms with van der Waals surface area (Å²) in [6, 6.07) is 4.97. The molecule has 0 fully saturated rings. The topological polar surface area (TPSA) is 73.6 Å². The minimum atomic E-state index is -0.198. The lowest BCUT2D eigenvalue weighted by molar-refractivity contribution is -0.122. The van der Waals surface area contributed by atoms with Gasteiger partial charge in [-0.3, -0.25) is 4.79 Å². The number of ether oxygens (including phenoxy) is 2. The minimum absolute atomic E-state index is 0.0386. The molecule has 0 aliphatic rings. The number of rotatable bonds is 4. The largest absolute Gasteiger partial charge is 0.497 e. The van der Waals surface area contributed by atoms with Crippen molar-refractivity contribution in [2.45, 2.75) is 0 Å². The summed E-state index contributed by atoms with van der Waals surface area (Å²) in [7, 11) is 3.09. The summed E-state index contributed by atoms with van der Waals surface area (Å²) in [6.45, 7) is -0.0386. The maximum absolute atomic E-state index is 10.9.